The average Bonchev–Trinajstić information content (AvgIpc) is 2.80. The smallest absolute Gasteiger partial charge is 0.406 e. The Hall–Kier alpha value is -3.89. The van der Waals surface area contributed by atoms with Gasteiger partial charge in [0.15, 0.2) is 0 Å². The topological polar surface area (TPSA) is 76.5 Å². The van der Waals surface area contributed by atoms with Crippen LogP contribution in [0.2, 0.25) is 0 Å². The summed E-state index contributed by atoms with van der Waals surface area (Å²) in [6.07, 6.45) is -3.49. The molecular formula is C23H20F4N4O3. The first-order valence-corrected chi connectivity index (χ1v) is 10.5. The van der Waals surface area contributed by atoms with Gasteiger partial charge in [-0.25, -0.2) is 4.39 Å². The molecule has 1 fully saturated rings. The first kappa shape index (κ1) is 23.3. The van der Waals surface area contributed by atoms with Crippen molar-refractivity contribution in [2.24, 2.45) is 5.92 Å². The normalized spacial score (nSPS) is 16.2. The highest BCUT2D eigenvalue weighted by Gasteiger charge is 2.31. The van der Waals surface area contributed by atoms with Crippen LogP contribution in [0.1, 0.15) is 12.8 Å². The predicted molar refractivity (Wildman–Crippen MR) is 116 cm³/mol. The fourth-order valence-corrected chi connectivity index (χ4v) is 3.75. The lowest BCUT2D eigenvalue weighted by atomic mass is 9.97. The van der Waals surface area contributed by atoms with Gasteiger partial charge in [-0.15, -0.1) is 18.3 Å². The van der Waals surface area contributed by atoms with Crippen LogP contribution in [0.5, 0.6) is 5.75 Å². The summed E-state index contributed by atoms with van der Waals surface area (Å²) in [5, 5.41) is 7.06. The first-order valence-electron chi connectivity index (χ1n) is 10.5. The average molecular weight is 476 g/mol. The van der Waals surface area contributed by atoms with E-state index in [9.17, 15) is 27.2 Å². The van der Waals surface area contributed by atoms with Gasteiger partial charge in [0, 0.05) is 24.8 Å². The van der Waals surface area contributed by atoms with Crippen molar-refractivity contribution in [1.82, 2.24) is 9.78 Å². The van der Waals surface area contributed by atoms with Crippen molar-refractivity contribution in [2.75, 3.05) is 23.3 Å². The molecule has 0 saturated carbocycles. The number of nitrogens with one attached hydrogen (secondary N) is 1. The second-order valence-electron chi connectivity index (χ2n) is 7.77. The van der Waals surface area contributed by atoms with Gasteiger partial charge < -0.3 is 15.0 Å². The Bertz CT molecular complexity index is 1230. The number of piperidine rings is 1. The summed E-state index contributed by atoms with van der Waals surface area (Å²) < 4.78 is 55.4. The summed E-state index contributed by atoms with van der Waals surface area (Å²) in [6, 6.07) is 13.3. The Morgan fingerprint density at radius 3 is 2.56 bits per heavy atom. The van der Waals surface area contributed by atoms with Crippen LogP contribution >= 0.6 is 0 Å². The molecule has 0 spiro atoms. The van der Waals surface area contributed by atoms with Crippen LogP contribution in [0.4, 0.5) is 29.1 Å². The van der Waals surface area contributed by atoms with E-state index in [1.807, 2.05) is 4.90 Å². The number of anilines is 2. The van der Waals surface area contributed by atoms with E-state index in [1.165, 1.54) is 36.4 Å². The Morgan fingerprint density at radius 1 is 1.09 bits per heavy atom. The number of rotatable bonds is 5. The summed E-state index contributed by atoms with van der Waals surface area (Å²) in [5.74, 6) is -1.10. The Labute approximate surface area is 191 Å². The van der Waals surface area contributed by atoms with Crippen molar-refractivity contribution in [3.8, 4) is 11.4 Å². The Balaban J connectivity index is 1.45. The van der Waals surface area contributed by atoms with Crippen molar-refractivity contribution in [1.29, 1.82) is 0 Å². The lowest BCUT2D eigenvalue weighted by molar-refractivity contribution is -0.274. The highest BCUT2D eigenvalue weighted by Crippen LogP contribution is 2.26. The molecule has 0 aliphatic carbocycles. The predicted octanol–water partition coefficient (Wildman–Crippen LogP) is 4.13. The van der Waals surface area contributed by atoms with Gasteiger partial charge in [0.25, 0.3) is 5.56 Å². The number of hydrogen-bond acceptors (Lipinski definition) is 5. The lowest BCUT2D eigenvalue weighted by Crippen LogP contribution is -2.41. The molecule has 3 aromatic rings. The number of carbonyl (C=O) groups excluding carboxylic acids is 1. The minimum absolute atomic E-state index is 0.285. The number of benzene rings is 2. The fraction of sp³-hybridized carbons (Fsp3) is 0.261. The van der Waals surface area contributed by atoms with Gasteiger partial charge >= 0.3 is 6.36 Å². The van der Waals surface area contributed by atoms with Gasteiger partial charge in [-0.3, -0.25) is 9.59 Å². The number of halogens is 4. The zero-order chi connectivity index (χ0) is 24.3. The molecule has 7 nitrogen and oxygen atoms in total. The molecule has 2 heterocycles. The van der Waals surface area contributed by atoms with Gasteiger partial charge in [-0.1, -0.05) is 6.07 Å². The van der Waals surface area contributed by atoms with Crippen LogP contribution < -0.4 is 20.5 Å². The summed E-state index contributed by atoms with van der Waals surface area (Å²) in [7, 11) is 0. The third kappa shape index (κ3) is 5.72. The van der Waals surface area contributed by atoms with Crippen LogP contribution in [-0.4, -0.2) is 35.1 Å². The van der Waals surface area contributed by atoms with E-state index in [1.54, 1.807) is 12.1 Å². The Morgan fingerprint density at radius 2 is 1.85 bits per heavy atom. The quantitative estimate of drug-likeness (QED) is 0.561. The summed E-state index contributed by atoms with van der Waals surface area (Å²) in [6.45, 7) is 0.942. The van der Waals surface area contributed by atoms with Crippen LogP contribution in [-0.2, 0) is 4.79 Å². The van der Waals surface area contributed by atoms with Crippen molar-refractivity contribution >= 4 is 17.4 Å². The highest BCUT2D eigenvalue weighted by molar-refractivity contribution is 5.93. The summed E-state index contributed by atoms with van der Waals surface area (Å²) in [5.41, 5.74) is 0.212. The molecule has 0 radical (unpaired) electrons. The third-order valence-electron chi connectivity index (χ3n) is 5.31. The number of amides is 1. The largest absolute Gasteiger partial charge is 0.573 e. The molecule has 1 aromatic heterocycles. The monoisotopic (exact) mass is 476 g/mol. The third-order valence-corrected chi connectivity index (χ3v) is 5.31. The maximum atomic E-state index is 13.6. The van der Waals surface area contributed by atoms with Gasteiger partial charge in [-0.2, -0.15) is 4.68 Å². The first-order chi connectivity index (χ1) is 16.2. The molecule has 1 saturated heterocycles. The van der Waals surface area contributed by atoms with E-state index in [2.05, 4.69) is 15.2 Å². The minimum atomic E-state index is -4.79. The zero-order valence-electron chi connectivity index (χ0n) is 17.8. The summed E-state index contributed by atoms with van der Waals surface area (Å²) in [4.78, 5) is 26.9. The number of aromatic nitrogens is 2. The van der Waals surface area contributed by atoms with E-state index in [4.69, 9.17) is 0 Å². The standard InChI is InChI=1S/C23H20F4N4O3/c24-16-4-1-5-18(13-16)31-21(32)11-10-20(29-31)30-12-2-3-15(14-30)22(33)28-17-6-8-19(9-7-17)34-23(25,26)27/h1,4-11,13,15H,2-3,12,14H2,(H,28,33). The molecule has 1 atom stereocenters. The van der Waals surface area contributed by atoms with Crippen molar-refractivity contribution in [3.05, 3.63) is 76.8 Å². The van der Waals surface area contributed by atoms with Crippen molar-refractivity contribution in [2.45, 2.75) is 19.2 Å². The second kappa shape index (κ2) is 9.54. The number of ether oxygens (including phenoxy) is 1. The maximum Gasteiger partial charge on any atom is 0.573 e. The SMILES string of the molecule is O=C(Nc1ccc(OC(F)(F)F)cc1)C1CCCN(c2ccc(=O)n(-c3cccc(F)c3)n2)C1. The molecule has 1 N–H and O–H groups in total. The molecule has 1 aliphatic heterocycles. The van der Waals surface area contributed by atoms with E-state index < -0.39 is 23.7 Å². The number of alkyl halides is 3. The fourth-order valence-electron chi connectivity index (χ4n) is 3.75. The molecule has 34 heavy (non-hydrogen) atoms. The molecule has 1 amide bonds. The molecule has 1 aliphatic rings. The number of nitrogens with zero attached hydrogens (tertiary/aromatic N) is 3. The van der Waals surface area contributed by atoms with Gasteiger partial charge in [0.1, 0.15) is 17.4 Å². The number of carbonyl (C=O) groups is 1. The molecule has 178 valence electrons. The molecule has 0 bridgehead atoms. The van der Waals surface area contributed by atoms with Crippen LogP contribution in [0, 0.1) is 11.7 Å². The van der Waals surface area contributed by atoms with E-state index in [-0.39, 0.29) is 17.3 Å². The molecule has 4 rings (SSSR count). The van der Waals surface area contributed by atoms with Crippen molar-refractivity contribution < 1.29 is 27.1 Å². The van der Waals surface area contributed by atoms with Crippen LogP contribution in [0.3, 0.4) is 0 Å². The van der Waals surface area contributed by atoms with E-state index in [0.29, 0.717) is 37.4 Å². The summed E-state index contributed by atoms with van der Waals surface area (Å²) >= 11 is 0. The lowest BCUT2D eigenvalue weighted by Gasteiger charge is -2.32. The highest BCUT2D eigenvalue weighted by atomic mass is 19.4. The van der Waals surface area contributed by atoms with E-state index in [0.717, 1.165) is 16.8 Å². The van der Waals surface area contributed by atoms with Crippen LogP contribution in [0.15, 0.2) is 65.5 Å². The number of hydrogen-bond donors (Lipinski definition) is 1. The van der Waals surface area contributed by atoms with Gasteiger partial charge in [0.2, 0.25) is 5.91 Å². The molecule has 1 unspecified atom stereocenters. The molecule has 2 aromatic carbocycles. The Kier molecular flexibility index (Phi) is 6.53. The van der Waals surface area contributed by atoms with Gasteiger partial charge in [0.05, 0.1) is 11.6 Å². The molecule has 11 heteroatoms. The van der Waals surface area contributed by atoms with Gasteiger partial charge in [-0.05, 0) is 61.4 Å². The maximum absolute atomic E-state index is 13.6. The van der Waals surface area contributed by atoms with E-state index >= 15 is 0 Å². The zero-order valence-corrected chi connectivity index (χ0v) is 17.8. The second-order valence-corrected chi connectivity index (χ2v) is 7.77. The molecular weight excluding hydrogens is 456 g/mol. The van der Waals surface area contributed by atoms with Crippen molar-refractivity contribution in [3.63, 3.8) is 0 Å². The van der Waals surface area contributed by atoms with Crippen LogP contribution in [0.25, 0.3) is 5.69 Å². The minimum Gasteiger partial charge on any atom is -0.406 e.